The number of thioether (sulfide) groups is 1. The molecule has 0 saturated heterocycles. The van der Waals surface area contributed by atoms with E-state index >= 15 is 0 Å². The number of guanidine groups is 2. The van der Waals surface area contributed by atoms with Crippen molar-refractivity contribution in [3.05, 3.63) is 71.8 Å². The molecule has 28 N–H and O–H groups in total. The standard InChI is InChI=1S/C70H116N20O16S/c1-8-41(6)56(67(104)82-46(25-18-31-79-70(76)77)59(96)86-52(36-43-21-13-10-14-22-43)64(101)87-51(35-42-19-11-9-12-20-42)63(100)83-48(68(105)106)23-15-16-29-71)90-66(103)54(38-92)88-60(97)47(26-27-55(73)93)81-58(95)45(24-17-30-78-69(74)75)80-61(98)50(34-40(4)5)85-65(102)53(37-91)89-62(99)49(33-39(2)3)84-57(94)44(72)28-32-107-7/h9-14,19-22,39-41,44-54,56,91-92H,8,15-18,23-38,71-72H2,1-7H3,(H2,73,93)(H,80,98)(H,81,95)(H,82,104)(H,83,100)(H,84,94)(H,85,102)(H,86,96)(H,87,101)(H,88,97)(H,89,99)(H,90,103)(H,105,106)(H4,74,75,78)(H4,76,77,79)/t41-,44-,45-,46-,47-,48-,49-,50-,51-,52-,53-,54-,56-/m0/s1. The minimum absolute atomic E-state index is 0.00800. The molecule has 0 unspecified atom stereocenters. The molecule has 2 aromatic carbocycles. The second-order valence-corrected chi connectivity index (χ2v) is 28.0. The number of carbonyl (C=O) groups is 13. The van der Waals surface area contributed by atoms with Crippen molar-refractivity contribution in [3.8, 4) is 0 Å². The number of rotatable bonds is 53. The molecule has 12 amide bonds. The first-order valence-electron chi connectivity index (χ1n) is 35.9. The Bertz CT molecular complexity index is 3210. The van der Waals surface area contributed by atoms with Crippen molar-refractivity contribution in [2.75, 3.05) is 44.9 Å². The maximum Gasteiger partial charge on any atom is 0.326 e. The van der Waals surface area contributed by atoms with Crippen LogP contribution in [0.25, 0.3) is 0 Å². The Labute approximate surface area is 628 Å². The molecule has 0 aliphatic rings. The fraction of sp³-hybridized carbons (Fsp3) is 0.614. The summed E-state index contributed by atoms with van der Waals surface area (Å²) in [7, 11) is 0. The molecule has 0 saturated carbocycles. The number of amides is 12. The fourth-order valence-corrected chi connectivity index (χ4v) is 11.4. The molecule has 0 aromatic heterocycles. The lowest BCUT2D eigenvalue weighted by atomic mass is 9.97. The van der Waals surface area contributed by atoms with Crippen molar-refractivity contribution in [3.63, 3.8) is 0 Å². The van der Waals surface area contributed by atoms with E-state index in [-0.39, 0.29) is 95.7 Å². The van der Waals surface area contributed by atoms with Crippen LogP contribution in [0.15, 0.2) is 60.7 Å². The van der Waals surface area contributed by atoms with Crippen molar-refractivity contribution >= 4 is 101 Å². The van der Waals surface area contributed by atoms with Crippen LogP contribution in [0.3, 0.4) is 0 Å². The van der Waals surface area contributed by atoms with Gasteiger partial charge >= 0.3 is 5.97 Å². The van der Waals surface area contributed by atoms with Gasteiger partial charge in [0.15, 0.2) is 11.9 Å². The summed E-state index contributed by atoms with van der Waals surface area (Å²) in [5.41, 5.74) is 29.4. The van der Waals surface area contributed by atoms with E-state index in [0.29, 0.717) is 36.1 Å². The molecule has 0 bridgehead atoms. The van der Waals surface area contributed by atoms with Crippen molar-refractivity contribution in [2.45, 2.75) is 210 Å². The largest absolute Gasteiger partial charge is 0.480 e. The van der Waals surface area contributed by atoms with Crippen LogP contribution in [-0.4, -0.2) is 221 Å². The average molecular weight is 1530 g/mol. The molecule has 0 spiro atoms. The zero-order valence-corrected chi connectivity index (χ0v) is 63.0. The first kappa shape index (κ1) is 93.4. The third-order valence-electron chi connectivity index (χ3n) is 17.0. The Hall–Kier alpha value is -9.72. The number of nitrogens with one attached hydrogen (secondary N) is 15. The smallest absolute Gasteiger partial charge is 0.326 e. The number of nitrogens with two attached hydrogens (primary N) is 5. The first-order chi connectivity index (χ1) is 50.7. The van der Waals surface area contributed by atoms with Crippen LogP contribution in [-0.2, 0) is 75.2 Å². The molecule has 0 heterocycles. The van der Waals surface area contributed by atoms with Gasteiger partial charge in [-0.1, -0.05) is 109 Å². The summed E-state index contributed by atoms with van der Waals surface area (Å²) >= 11 is 1.48. The van der Waals surface area contributed by atoms with Gasteiger partial charge in [0, 0.05) is 32.4 Å². The van der Waals surface area contributed by atoms with Crippen LogP contribution >= 0.6 is 11.8 Å². The van der Waals surface area contributed by atoms with Gasteiger partial charge in [-0.15, -0.1) is 0 Å². The predicted octanol–water partition coefficient (Wildman–Crippen LogP) is -3.99. The van der Waals surface area contributed by atoms with E-state index in [1.807, 2.05) is 6.26 Å². The zero-order valence-electron chi connectivity index (χ0n) is 62.2. The Morgan fingerprint density at radius 3 is 1.17 bits per heavy atom. The highest BCUT2D eigenvalue weighted by Gasteiger charge is 2.38. The quantitative estimate of drug-likeness (QED) is 0.0171. The molecule has 598 valence electrons. The Morgan fingerprint density at radius 1 is 0.439 bits per heavy atom. The number of primary amides is 1. The lowest BCUT2D eigenvalue weighted by Crippen LogP contribution is -2.62. The summed E-state index contributed by atoms with van der Waals surface area (Å²) in [6.45, 7) is 8.53. The van der Waals surface area contributed by atoms with Crippen LogP contribution in [0, 0.1) is 28.6 Å². The molecule has 0 fully saturated rings. The molecule has 36 nitrogen and oxygen atoms in total. The van der Waals surface area contributed by atoms with Crippen LogP contribution < -0.4 is 97.8 Å². The molecule has 2 aromatic rings. The summed E-state index contributed by atoms with van der Waals surface area (Å²) in [4.78, 5) is 181. The van der Waals surface area contributed by atoms with Crippen LogP contribution in [0.4, 0.5) is 0 Å². The number of benzene rings is 2. The van der Waals surface area contributed by atoms with Gasteiger partial charge in [0.2, 0.25) is 70.9 Å². The molecular weight excluding hydrogens is 1410 g/mol. The van der Waals surface area contributed by atoms with Crippen LogP contribution in [0.2, 0.25) is 0 Å². The lowest BCUT2D eigenvalue weighted by molar-refractivity contribution is -0.142. The topological polar surface area (TPSA) is 617 Å². The average Bonchev–Trinajstić information content (AvgIpc) is 0.849. The molecule has 107 heavy (non-hydrogen) atoms. The molecule has 13 atom stereocenters. The van der Waals surface area contributed by atoms with E-state index in [1.54, 1.807) is 102 Å². The number of unbranched alkanes of at least 4 members (excludes halogenated alkanes) is 1. The molecule has 0 aliphatic carbocycles. The van der Waals surface area contributed by atoms with E-state index in [9.17, 15) is 77.6 Å². The van der Waals surface area contributed by atoms with Crippen molar-refractivity contribution in [2.24, 2.45) is 46.4 Å². The number of carboxylic acids is 1. The summed E-state index contributed by atoms with van der Waals surface area (Å²) in [6, 6.07) is -0.562. The van der Waals surface area contributed by atoms with E-state index in [1.165, 1.54) is 11.8 Å². The van der Waals surface area contributed by atoms with Gasteiger partial charge in [-0.05, 0) is 118 Å². The summed E-state index contributed by atoms with van der Waals surface area (Å²) in [5.74, 6) is -14.0. The minimum atomic E-state index is -1.89. The highest BCUT2D eigenvalue weighted by Crippen LogP contribution is 2.16. The Balaban J connectivity index is 2.56. The van der Waals surface area contributed by atoms with Crippen molar-refractivity contribution in [1.29, 1.82) is 10.8 Å². The van der Waals surface area contributed by atoms with Crippen molar-refractivity contribution in [1.82, 2.24) is 69.1 Å². The third kappa shape index (κ3) is 36.9. The number of carboxylic acid groups (broad SMARTS) is 1. The number of hydrogen-bond donors (Lipinski definition) is 23. The minimum Gasteiger partial charge on any atom is -0.480 e. The molecule has 0 radical (unpaired) electrons. The maximum atomic E-state index is 14.8. The molecule has 37 heteroatoms. The van der Waals surface area contributed by atoms with Crippen LogP contribution in [0.1, 0.15) is 136 Å². The fourth-order valence-electron chi connectivity index (χ4n) is 10.9. The van der Waals surface area contributed by atoms with Gasteiger partial charge < -0.3 is 113 Å². The highest BCUT2D eigenvalue weighted by atomic mass is 32.2. The van der Waals surface area contributed by atoms with Gasteiger partial charge in [-0.25, -0.2) is 4.79 Å². The summed E-state index contributed by atoms with van der Waals surface area (Å²) in [5, 5.41) is 79.8. The van der Waals surface area contributed by atoms with Crippen molar-refractivity contribution < 1.29 is 77.6 Å². The predicted molar refractivity (Wildman–Crippen MR) is 402 cm³/mol. The lowest BCUT2D eigenvalue weighted by Gasteiger charge is -2.30. The summed E-state index contributed by atoms with van der Waals surface area (Å²) in [6.07, 6.45) is 1.72. The second-order valence-electron chi connectivity index (χ2n) is 27.0. The number of hydrogen-bond acceptors (Lipinski definition) is 20. The molecular formula is C70H116N20O16S. The number of aliphatic hydroxyl groups excluding tert-OH is 2. The normalized spacial score (nSPS) is 14.8. The van der Waals surface area contributed by atoms with Gasteiger partial charge in [0.05, 0.1) is 19.3 Å². The highest BCUT2D eigenvalue weighted by molar-refractivity contribution is 7.98. The number of aliphatic hydroxyl groups is 2. The number of carbonyl (C=O) groups excluding carboxylic acids is 12. The first-order valence-corrected chi connectivity index (χ1v) is 37.3. The van der Waals surface area contributed by atoms with Gasteiger partial charge in [-0.2, -0.15) is 11.8 Å². The Morgan fingerprint density at radius 2 is 0.785 bits per heavy atom. The van der Waals surface area contributed by atoms with E-state index < -0.39 is 193 Å². The third-order valence-corrected chi connectivity index (χ3v) is 17.7. The molecule has 2 rings (SSSR count). The molecule has 0 aliphatic heterocycles. The zero-order chi connectivity index (χ0) is 80.3. The summed E-state index contributed by atoms with van der Waals surface area (Å²) < 4.78 is 0. The SMILES string of the molecule is CC[C@H](C)[C@H](NC(=O)[C@H](CO)NC(=O)[C@H](CCC(N)=O)NC(=O)[C@H](CCCNC(=N)N)NC(=O)[C@H](CC(C)C)NC(=O)[C@H](CO)NC(=O)[C@H](CC(C)C)NC(=O)[C@@H](N)CCSC)C(=O)N[C@@H](CCCNC(=N)N)C(=O)N[C@@H](Cc1ccccc1)C(=O)N[C@@H](Cc1ccccc1)C(=O)N[C@@H](CCCCN)C(=O)O. The van der Waals surface area contributed by atoms with Gasteiger partial charge in [0.25, 0.3) is 0 Å². The number of aliphatic carboxylic acids is 1. The van der Waals surface area contributed by atoms with Gasteiger partial charge in [0.1, 0.15) is 66.5 Å². The van der Waals surface area contributed by atoms with Crippen LogP contribution in [0.5, 0.6) is 0 Å². The van der Waals surface area contributed by atoms with Gasteiger partial charge in [-0.3, -0.25) is 68.4 Å². The van der Waals surface area contributed by atoms with E-state index in [2.05, 4.69) is 69.1 Å². The second kappa shape index (κ2) is 50.7. The monoisotopic (exact) mass is 1520 g/mol. The van der Waals surface area contributed by atoms with E-state index in [0.717, 1.165) is 0 Å². The van der Waals surface area contributed by atoms with E-state index in [4.69, 9.17) is 39.5 Å². The Kier molecular flexibility index (Phi) is 44.3. The maximum absolute atomic E-state index is 14.8.